The number of hydrogen-bond acceptors (Lipinski definition) is 6. The Kier molecular flexibility index (Phi) is 7.52. The lowest BCUT2D eigenvalue weighted by molar-refractivity contribution is -0.0500. The summed E-state index contributed by atoms with van der Waals surface area (Å²) in [5.74, 6) is -0.0924. The first-order valence-electron chi connectivity index (χ1n) is 11.1. The molecule has 0 N–H and O–H groups in total. The lowest BCUT2D eigenvalue weighted by Crippen LogP contribution is -2.53. The molecule has 33 heavy (non-hydrogen) atoms. The molecule has 2 fully saturated rings. The van der Waals surface area contributed by atoms with Crippen LogP contribution in [0, 0.1) is 0 Å². The van der Waals surface area contributed by atoms with Gasteiger partial charge in [0, 0.05) is 32.2 Å². The Labute approximate surface area is 192 Å². The van der Waals surface area contributed by atoms with Gasteiger partial charge in [0.15, 0.2) is 0 Å². The van der Waals surface area contributed by atoms with Crippen LogP contribution in [0.1, 0.15) is 57.9 Å². The summed E-state index contributed by atoms with van der Waals surface area (Å²) in [7, 11) is -5.66. The van der Waals surface area contributed by atoms with Gasteiger partial charge < -0.3 is 13.8 Å². The number of alkyl halides is 3. The van der Waals surface area contributed by atoms with Gasteiger partial charge >= 0.3 is 21.7 Å². The molecular formula is C22H31F3N2O5S. The number of carbonyl (C=O) groups excluding carboxylic acids is 1. The van der Waals surface area contributed by atoms with Crippen LogP contribution >= 0.6 is 0 Å². The number of amides is 1. The van der Waals surface area contributed by atoms with Gasteiger partial charge in [0.2, 0.25) is 0 Å². The van der Waals surface area contributed by atoms with E-state index in [0.717, 1.165) is 44.3 Å². The minimum atomic E-state index is -5.66. The number of carbonyl (C=O) groups is 1. The molecule has 0 aromatic heterocycles. The van der Waals surface area contributed by atoms with Crippen LogP contribution in [-0.2, 0) is 14.9 Å². The van der Waals surface area contributed by atoms with Crippen molar-refractivity contribution in [3.63, 3.8) is 0 Å². The number of halogens is 3. The van der Waals surface area contributed by atoms with Crippen molar-refractivity contribution in [2.24, 2.45) is 0 Å². The van der Waals surface area contributed by atoms with E-state index in [1.54, 1.807) is 17.0 Å². The highest BCUT2D eigenvalue weighted by Crippen LogP contribution is 2.36. The molecule has 1 aromatic rings. The van der Waals surface area contributed by atoms with Gasteiger partial charge in [0.25, 0.3) is 0 Å². The fourth-order valence-electron chi connectivity index (χ4n) is 4.34. The standard InChI is InChI=1S/C22H31F3N2O5S/c1-21(2,3)31-20(28)27-14-12-26(13-15-27)18-8-4-16(5-9-18)17-6-10-19(11-7-17)32-33(29,30)22(23,24)25/h6-7,10-11,16,18H,4-5,8-9,12-15H2,1-3H3. The number of nitrogens with zero attached hydrogens (tertiary/aromatic N) is 2. The molecule has 1 aliphatic heterocycles. The Morgan fingerprint density at radius 1 is 0.939 bits per heavy atom. The third kappa shape index (κ3) is 6.75. The van der Waals surface area contributed by atoms with E-state index in [2.05, 4.69) is 9.08 Å². The van der Waals surface area contributed by atoms with E-state index < -0.39 is 21.2 Å². The van der Waals surface area contributed by atoms with Crippen LogP contribution in [-0.4, -0.2) is 67.6 Å². The van der Waals surface area contributed by atoms with Crippen molar-refractivity contribution in [1.82, 2.24) is 9.80 Å². The van der Waals surface area contributed by atoms with E-state index in [9.17, 15) is 26.4 Å². The third-order valence-electron chi connectivity index (χ3n) is 6.02. The monoisotopic (exact) mass is 492 g/mol. The second-order valence-electron chi connectivity index (χ2n) is 9.56. The van der Waals surface area contributed by atoms with Gasteiger partial charge in [-0.05, 0) is 70.1 Å². The molecule has 7 nitrogen and oxygen atoms in total. The fraction of sp³-hybridized carbons (Fsp3) is 0.682. The summed E-state index contributed by atoms with van der Waals surface area (Å²) < 4.78 is 69.3. The first kappa shape index (κ1) is 25.6. The zero-order valence-electron chi connectivity index (χ0n) is 19.1. The Balaban J connectivity index is 1.47. The van der Waals surface area contributed by atoms with Crippen molar-refractivity contribution in [3.8, 4) is 5.75 Å². The first-order valence-corrected chi connectivity index (χ1v) is 12.5. The van der Waals surface area contributed by atoms with Crippen molar-refractivity contribution in [3.05, 3.63) is 29.8 Å². The van der Waals surface area contributed by atoms with Crippen molar-refractivity contribution in [2.45, 2.75) is 69.5 Å². The number of ether oxygens (including phenoxy) is 1. The normalized spacial score (nSPS) is 23.3. The van der Waals surface area contributed by atoms with E-state index in [-0.39, 0.29) is 17.8 Å². The minimum absolute atomic E-state index is 0.262. The molecule has 0 bridgehead atoms. The van der Waals surface area contributed by atoms with Crippen molar-refractivity contribution in [1.29, 1.82) is 0 Å². The molecule has 0 unspecified atom stereocenters. The van der Waals surface area contributed by atoms with Gasteiger partial charge in [0.05, 0.1) is 0 Å². The van der Waals surface area contributed by atoms with E-state index in [1.165, 1.54) is 12.1 Å². The topological polar surface area (TPSA) is 76.2 Å². The molecule has 0 spiro atoms. The van der Waals surface area contributed by atoms with E-state index in [0.29, 0.717) is 19.1 Å². The lowest BCUT2D eigenvalue weighted by Gasteiger charge is -2.42. The number of benzene rings is 1. The summed E-state index contributed by atoms with van der Waals surface area (Å²) in [6.07, 6.45) is 3.55. The summed E-state index contributed by atoms with van der Waals surface area (Å²) in [5.41, 5.74) is -5.01. The lowest BCUT2D eigenvalue weighted by atomic mass is 9.81. The molecule has 0 atom stereocenters. The number of hydrogen-bond donors (Lipinski definition) is 0. The first-order chi connectivity index (χ1) is 15.2. The SMILES string of the molecule is CC(C)(C)OC(=O)N1CCN(C2CCC(c3ccc(OS(=O)(=O)C(F)(F)F)cc3)CC2)CC1. The molecule has 1 heterocycles. The minimum Gasteiger partial charge on any atom is -0.444 e. The zero-order valence-corrected chi connectivity index (χ0v) is 19.9. The van der Waals surface area contributed by atoms with Crippen LogP contribution in [0.3, 0.4) is 0 Å². The van der Waals surface area contributed by atoms with Gasteiger partial charge in [-0.25, -0.2) is 4.79 Å². The van der Waals surface area contributed by atoms with Crippen LogP contribution in [0.4, 0.5) is 18.0 Å². The van der Waals surface area contributed by atoms with Gasteiger partial charge in [0.1, 0.15) is 11.4 Å². The second kappa shape index (κ2) is 9.69. The maximum absolute atomic E-state index is 12.5. The molecule has 186 valence electrons. The van der Waals surface area contributed by atoms with Crippen molar-refractivity contribution in [2.75, 3.05) is 26.2 Å². The molecule has 0 radical (unpaired) electrons. The predicted octanol–water partition coefficient (Wildman–Crippen LogP) is 4.49. The van der Waals surface area contributed by atoms with Gasteiger partial charge in [-0.15, -0.1) is 0 Å². The Morgan fingerprint density at radius 2 is 1.48 bits per heavy atom. The van der Waals surface area contributed by atoms with E-state index in [1.807, 2.05) is 20.8 Å². The average Bonchev–Trinajstić information content (AvgIpc) is 2.72. The maximum Gasteiger partial charge on any atom is 0.534 e. The molecule has 1 saturated heterocycles. The summed E-state index contributed by atoms with van der Waals surface area (Å²) in [6.45, 7) is 8.43. The molecule has 1 aliphatic carbocycles. The van der Waals surface area contributed by atoms with Crippen LogP contribution in [0.15, 0.2) is 24.3 Å². The Hall–Kier alpha value is -2.01. The highest BCUT2D eigenvalue weighted by Gasteiger charge is 2.48. The van der Waals surface area contributed by atoms with E-state index in [4.69, 9.17) is 4.74 Å². The summed E-state index contributed by atoms with van der Waals surface area (Å²) in [5, 5.41) is 0. The molecular weight excluding hydrogens is 461 g/mol. The largest absolute Gasteiger partial charge is 0.534 e. The van der Waals surface area contributed by atoms with Gasteiger partial charge in [-0.2, -0.15) is 21.6 Å². The fourth-order valence-corrected chi connectivity index (χ4v) is 4.80. The quantitative estimate of drug-likeness (QED) is 0.455. The number of rotatable bonds is 4. The Morgan fingerprint density at radius 3 is 1.97 bits per heavy atom. The summed E-state index contributed by atoms with van der Waals surface area (Å²) in [6, 6.07) is 6.22. The molecule has 1 amide bonds. The van der Waals surface area contributed by atoms with Gasteiger partial charge in [-0.1, -0.05) is 12.1 Å². The van der Waals surface area contributed by atoms with Crippen molar-refractivity contribution >= 4 is 16.2 Å². The summed E-state index contributed by atoms with van der Waals surface area (Å²) in [4.78, 5) is 16.4. The summed E-state index contributed by atoms with van der Waals surface area (Å²) >= 11 is 0. The third-order valence-corrected chi connectivity index (χ3v) is 7.00. The highest BCUT2D eigenvalue weighted by molar-refractivity contribution is 7.88. The van der Waals surface area contributed by atoms with Crippen LogP contribution in [0.25, 0.3) is 0 Å². The van der Waals surface area contributed by atoms with E-state index >= 15 is 0 Å². The molecule has 1 saturated carbocycles. The smallest absolute Gasteiger partial charge is 0.444 e. The van der Waals surface area contributed by atoms with Crippen LogP contribution in [0.5, 0.6) is 5.75 Å². The second-order valence-corrected chi connectivity index (χ2v) is 11.1. The number of piperazine rings is 1. The maximum atomic E-state index is 12.5. The highest BCUT2D eigenvalue weighted by atomic mass is 32.2. The zero-order chi connectivity index (χ0) is 24.4. The molecule has 1 aromatic carbocycles. The Bertz CT molecular complexity index is 913. The molecule has 2 aliphatic rings. The van der Waals surface area contributed by atoms with Crippen LogP contribution in [0.2, 0.25) is 0 Å². The van der Waals surface area contributed by atoms with Crippen molar-refractivity contribution < 1.29 is 35.3 Å². The predicted molar refractivity (Wildman–Crippen MR) is 116 cm³/mol. The van der Waals surface area contributed by atoms with Crippen LogP contribution < -0.4 is 4.18 Å². The molecule has 11 heteroatoms. The van der Waals surface area contributed by atoms with Gasteiger partial charge in [-0.3, -0.25) is 4.90 Å². The molecule has 3 rings (SSSR count). The average molecular weight is 493 g/mol.